The summed E-state index contributed by atoms with van der Waals surface area (Å²) in [5.74, 6) is 1.17. The van der Waals surface area contributed by atoms with Crippen LogP contribution in [0, 0.1) is 0 Å². The monoisotopic (exact) mass is 371 g/mol. The van der Waals surface area contributed by atoms with Crippen molar-refractivity contribution in [2.45, 2.75) is 25.9 Å². The molecule has 1 aliphatic rings. The minimum atomic E-state index is -0.576. The normalized spacial score (nSPS) is 16.1. The molecule has 0 unspecified atom stereocenters. The van der Waals surface area contributed by atoms with Gasteiger partial charge in [-0.3, -0.25) is 4.90 Å². The zero-order valence-corrected chi connectivity index (χ0v) is 15.5. The average molecular weight is 372 g/mol. The van der Waals surface area contributed by atoms with Gasteiger partial charge < -0.3 is 15.2 Å². The van der Waals surface area contributed by atoms with Gasteiger partial charge in [-0.25, -0.2) is 0 Å². The lowest BCUT2D eigenvalue weighted by atomic mass is 10.1. The Bertz CT molecular complexity index is 662. The van der Waals surface area contributed by atoms with E-state index < -0.39 is 5.54 Å². The summed E-state index contributed by atoms with van der Waals surface area (Å²) < 4.78 is 5.31. The molecule has 0 atom stereocenters. The Labute approximate surface area is 153 Å². The number of benzene rings is 1. The van der Waals surface area contributed by atoms with Gasteiger partial charge in [0.25, 0.3) is 0 Å². The minimum Gasteiger partial charge on any atom is -0.369 e. The first-order valence-electron chi connectivity index (χ1n) is 7.76. The molecule has 3 rings (SSSR count). The van der Waals surface area contributed by atoms with E-state index in [0.29, 0.717) is 18.3 Å². The molecule has 6 nitrogen and oxygen atoms in total. The summed E-state index contributed by atoms with van der Waals surface area (Å²) in [4.78, 5) is 9.03. The third-order valence-electron chi connectivity index (χ3n) is 3.95. The second-order valence-corrected chi connectivity index (χ2v) is 6.91. The van der Waals surface area contributed by atoms with Crippen LogP contribution in [0.25, 0.3) is 0 Å². The molecular formula is C16H23Cl2N5O. The quantitative estimate of drug-likeness (QED) is 0.890. The van der Waals surface area contributed by atoms with Gasteiger partial charge in [-0.15, -0.1) is 12.4 Å². The maximum absolute atomic E-state index is 6.06. The molecule has 0 spiro atoms. The number of hydrogen-bond acceptors (Lipinski definition) is 6. The number of nitrogens with two attached hydrogens (primary N) is 1. The van der Waals surface area contributed by atoms with E-state index in [0.717, 1.165) is 31.2 Å². The molecule has 2 heterocycles. The maximum atomic E-state index is 6.06. The first-order valence-corrected chi connectivity index (χ1v) is 8.14. The summed E-state index contributed by atoms with van der Waals surface area (Å²) >= 11 is 6.06. The number of aromatic nitrogens is 2. The Morgan fingerprint density at radius 2 is 1.96 bits per heavy atom. The fraction of sp³-hybridized carbons (Fsp3) is 0.500. The summed E-state index contributed by atoms with van der Waals surface area (Å²) in [6, 6.07) is 7.98. The number of anilines is 1. The molecule has 1 fully saturated rings. The van der Waals surface area contributed by atoms with Crippen molar-refractivity contribution in [1.29, 1.82) is 0 Å². The van der Waals surface area contributed by atoms with Crippen LogP contribution in [0.3, 0.4) is 0 Å². The first-order chi connectivity index (χ1) is 10.9. The zero-order valence-electron chi connectivity index (χ0n) is 13.9. The van der Waals surface area contributed by atoms with Crippen LogP contribution in [0.2, 0.25) is 5.02 Å². The highest BCUT2D eigenvalue weighted by atomic mass is 35.5. The predicted molar refractivity (Wildman–Crippen MR) is 97.7 cm³/mol. The van der Waals surface area contributed by atoms with Crippen molar-refractivity contribution in [3.05, 3.63) is 41.0 Å². The third-order valence-corrected chi connectivity index (χ3v) is 4.18. The van der Waals surface area contributed by atoms with Gasteiger partial charge in [0.15, 0.2) is 5.82 Å². The molecule has 0 bridgehead atoms. The van der Waals surface area contributed by atoms with E-state index in [1.54, 1.807) is 0 Å². The lowest BCUT2D eigenvalue weighted by Crippen LogP contribution is -2.46. The smallest absolute Gasteiger partial charge is 0.240 e. The number of piperazine rings is 1. The van der Waals surface area contributed by atoms with E-state index in [9.17, 15) is 0 Å². The minimum absolute atomic E-state index is 0. The van der Waals surface area contributed by atoms with Crippen molar-refractivity contribution in [1.82, 2.24) is 15.0 Å². The molecule has 8 heteroatoms. The molecule has 24 heavy (non-hydrogen) atoms. The fourth-order valence-corrected chi connectivity index (χ4v) is 2.79. The number of nitrogens with zero attached hydrogens (tertiary/aromatic N) is 4. The largest absolute Gasteiger partial charge is 0.369 e. The van der Waals surface area contributed by atoms with Crippen LogP contribution in [0.4, 0.5) is 5.69 Å². The predicted octanol–water partition coefficient (Wildman–Crippen LogP) is 2.66. The highest BCUT2D eigenvalue weighted by molar-refractivity contribution is 6.30. The Kier molecular flexibility index (Phi) is 6.09. The molecule has 1 aromatic carbocycles. The van der Waals surface area contributed by atoms with Gasteiger partial charge in [0, 0.05) is 36.9 Å². The summed E-state index contributed by atoms with van der Waals surface area (Å²) in [5, 5.41) is 4.73. The molecule has 2 aromatic rings. The first kappa shape index (κ1) is 19.0. The standard InChI is InChI=1S/C16H22ClN5O.ClH/c1-16(2,18)15-19-14(23-20-15)11-21-6-8-22(9-7-21)13-5-3-4-12(17)10-13;/h3-5,10H,6-9,11,18H2,1-2H3;1H. The van der Waals surface area contributed by atoms with E-state index in [1.807, 2.05) is 32.0 Å². The molecule has 132 valence electrons. The van der Waals surface area contributed by atoms with Gasteiger partial charge in [0.2, 0.25) is 5.89 Å². The van der Waals surface area contributed by atoms with Crippen molar-refractivity contribution >= 4 is 29.7 Å². The Morgan fingerprint density at radius 1 is 1.25 bits per heavy atom. The number of rotatable bonds is 4. The zero-order chi connectivity index (χ0) is 16.4. The van der Waals surface area contributed by atoms with Gasteiger partial charge in [-0.05, 0) is 32.0 Å². The summed E-state index contributed by atoms with van der Waals surface area (Å²) in [6.07, 6.45) is 0. The van der Waals surface area contributed by atoms with Crippen LogP contribution >= 0.6 is 24.0 Å². The van der Waals surface area contributed by atoms with Crippen molar-refractivity contribution in [3.63, 3.8) is 0 Å². The Hall–Kier alpha value is -1.34. The van der Waals surface area contributed by atoms with Crippen molar-refractivity contribution in [2.75, 3.05) is 31.1 Å². The van der Waals surface area contributed by atoms with Gasteiger partial charge in [-0.2, -0.15) is 4.98 Å². The van der Waals surface area contributed by atoms with Gasteiger partial charge in [-0.1, -0.05) is 22.8 Å². The van der Waals surface area contributed by atoms with E-state index in [1.165, 1.54) is 5.69 Å². The van der Waals surface area contributed by atoms with Crippen LogP contribution in [0.5, 0.6) is 0 Å². The molecule has 0 radical (unpaired) electrons. The molecule has 1 saturated heterocycles. The van der Waals surface area contributed by atoms with Crippen LogP contribution in [-0.2, 0) is 12.1 Å². The average Bonchev–Trinajstić information content (AvgIpc) is 2.97. The molecule has 0 saturated carbocycles. The SMILES string of the molecule is CC(C)(N)c1noc(CN2CCN(c3cccc(Cl)c3)CC2)n1.Cl. The van der Waals surface area contributed by atoms with Crippen molar-refractivity contribution in [3.8, 4) is 0 Å². The fourth-order valence-electron chi connectivity index (χ4n) is 2.61. The highest BCUT2D eigenvalue weighted by Crippen LogP contribution is 2.21. The van der Waals surface area contributed by atoms with E-state index in [4.69, 9.17) is 21.9 Å². The second kappa shape index (κ2) is 7.70. The van der Waals surface area contributed by atoms with Crippen LogP contribution in [0.15, 0.2) is 28.8 Å². The van der Waals surface area contributed by atoms with Crippen molar-refractivity contribution in [2.24, 2.45) is 5.73 Å². The van der Waals surface area contributed by atoms with Crippen LogP contribution in [0.1, 0.15) is 25.6 Å². The third kappa shape index (κ3) is 4.60. The van der Waals surface area contributed by atoms with E-state index in [-0.39, 0.29) is 12.4 Å². The summed E-state index contributed by atoms with van der Waals surface area (Å²) in [6.45, 7) is 8.17. The van der Waals surface area contributed by atoms with Crippen LogP contribution < -0.4 is 10.6 Å². The summed E-state index contributed by atoms with van der Waals surface area (Å²) in [5.41, 5.74) is 6.57. The molecule has 0 amide bonds. The van der Waals surface area contributed by atoms with Crippen molar-refractivity contribution < 1.29 is 4.52 Å². The molecule has 0 aliphatic carbocycles. The maximum Gasteiger partial charge on any atom is 0.240 e. The van der Waals surface area contributed by atoms with Crippen LogP contribution in [-0.4, -0.2) is 41.2 Å². The van der Waals surface area contributed by atoms with Gasteiger partial charge in [0.05, 0.1) is 12.1 Å². The number of hydrogen-bond donors (Lipinski definition) is 1. The Morgan fingerprint density at radius 3 is 2.54 bits per heavy atom. The van der Waals surface area contributed by atoms with Gasteiger partial charge in [0.1, 0.15) is 0 Å². The molecular weight excluding hydrogens is 349 g/mol. The molecule has 1 aliphatic heterocycles. The topological polar surface area (TPSA) is 71.4 Å². The second-order valence-electron chi connectivity index (χ2n) is 6.48. The highest BCUT2D eigenvalue weighted by Gasteiger charge is 2.23. The van der Waals surface area contributed by atoms with E-state index >= 15 is 0 Å². The lowest BCUT2D eigenvalue weighted by Gasteiger charge is -2.35. The van der Waals surface area contributed by atoms with E-state index in [2.05, 4.69) is 26.0 Å². The lowest BCUT2D eigenvalue weighted by molar-refractivity contribution is 0.215. The summed E-state index contributed by atoms with van der Waals surface area (Å²) in [7, 11) is 0. The Balaban J connectivity index is 0.00000208. The van der Waals surface area contributed by atoms with Gasteiger partial charge >= 0.3 is 0 Å². The number of halogens is 2. The molecule has 1 aromatic heterocycles. The molecule has 2 N–H and O–H groups in total.